The third kappa shape index (κ3) is 3.32. The Kier molecular flexibility index (Phi) is 4.43. The molecule has 0 bridgehead atoms. The fraction of sp³-hybridized carbons (Fsp3) is 0.500. The average molecular weight is 212 g/mol. The number of hydrogen-bond donors (Lipinski definition) is 1. The van der Waals surface area contributed by atoms with E-state index in [1.165, 1.54) is 5.56 Å². The van der Waals surface area contributed by atoms with Gasteiger partial charge < -0.3 is 5.32 Å². The average Bonchev–Trinajstić information content (AvgIpc) is 2.15. The predicted molar refractivity (Wildman–Crippen MR) is 62.7 cm³/mol. The molecule has 0 heterocycles. The van der Waals surface area contributed by atoms with Gasteiger partial charge in [-0.25, -0.2) is 0 Å². The lowest BCUT2D eigenvalue weighted by atomic mass is 10.1. The fourth-order valence-electron chi connectivity index (χ4n) is 1.35. The van der Waals surface area contributed by atoms with Crippen LogP contribution < -0.4 is 5.32 Å². The third-order valence-electron chi connectivity index (χ3n) is 2.20. The van der Waals surface area contributed by atoms with E-state index < -0.39 is 0 Å². The normalized spacial score (nSPS) is 13.2. The first-order chi connectivity index (χ1) is 6.61. The second kappa shape index (κ2) is 5.38. The smallest absolute Gasteiger partial charge is 0.0453 e. The number of hydrogen-bond acceptors (Lipinski definition) is 1. The molecule has 1 aromatic carbocycles. The van der Waals surface area contributed by atoms with E-state index in [2.05, 4.69) is 32.2 Å². The van der Waals surface area contributed by atoms with E-state index in [1.807, 2.05) is 18.2 Å². The van der Waals surface area contributed by atoms with Gasteiger partial charge in [-0.1, -0.05) is 43.6 Å². The Morgan fingerprint density at radius 3 is 2.43 bits per heavy atom. The molecular formula is C12H18ClN. The van der Waals surface area contributed by atoms with Gasteiger partial charge in [-0.05, 0) is 31.0 Å². The van der Waals surface area contributed by atoms with Crippen molar-refractivity contribution in [2.45, 2.75) is 26.8 Å². The summed E-state index contributed by atoms with van der Waals surface area (Å²) in [5.74, 6) is 0.667. The zero-order chi connectivity index (χ0) is 10.6. The van der Waals surface area contributed by atoms with Crippen LogP contribution in [0.1, 0.15) is 32.4 Å². The second-order valence-electron chi connectivity index (χ2n) is 4.05. The summed E-state index contributed by atoms with van der Waals surface area (Å²) in [7, 11) is 0. The molecule has 0 spiro atoms. The Morgan fingerprint density at radius 1 is 1.21 bits per heavy atom. The van der Waals surface area contributed by atoms with Crippen LogP contribution in [0.3, 0.4) is 0 Å². The number of benzene rings is 1. The van der Waals surface area contributed by atoms with Crippen LogP contribution in [-0.2, 0) is 0 Å². The molecule has 0 unspecified atom stereocenters. The monoisotopic (exact) mass is 211 g/mol. The first kappa shape index (κ1) is 11.5. The van der Waals surface area contributed by atoms with Crippen LogP contribution in [0.25, 0.3) is 0 Å². The van der Waals surface area contributed by atoms with E-state index in [0.29, 0.717) is 12.0 Å². The molecule has 0 saturated carbocycles. The highest BCUT2D eigenvalue weighted by Gasteiger charge is 2.08. The van der Waals surface area contributed by atoms with Gasteiger partial charge in [-0.3, -0.25) is 0 Å². The zero-order valence-corrected chi connectivity index (χ0v) is 9.81. The molecule has 0 aromatic heterocycles. The van der Waals surface area contributed by atoms with Gasteiger partial charge in [0, 0.05) is 11.1 Å². The summed E-state index contributed by atoms with van der Waals surface area (Å²) < 4.78 is 0. The Hall–Kier alpha value is -0.530. The van der Waals surface area contributed by atoms with Gasteiger partial charge in [0.1, 0.15) is 0 Å². The molecule has 1 aromatic rings. The molecule has 0 aliphatic heterocycles. The van der Waals surface area contributed by atoms with Crippen LogP contribution in [0.15, 0.2) is 24.3 Å². The summed E-state index contributed by atoms with van der Waals surface area (Å²) >= 11 is 6.09. The fourth-order valence-corrected chi connectivity index (χ4v) is 1.65. The number of nitrogens with one attached hydrogen (secondary N) is 1. The lowest BCUT2D eigenvalue weighted by Crippen LogP contribution is -2.23. The number of halogens is 1. The molecule has 1 N–H and O–H groups in total. The van der Waals surface area contributed by atoms with Gasteiger partial charge in [-0.2, -0.15) is 0 Å². The van der Waals surface area contributed by atoms with Gasteiger partial charge in [-0.15, -0.1) is 0 Å². The van der Waals surface area contributed by atoms with Gasteiger partial charge in [0.15, 0.2) is 0 Å². The molecule has 1 atom stereocenters. The van der Waals surface area contributed by atoms with E-state index in [0.717, 1.165) is 11.6 Å². The first-order valence-corrected chi connectivity index (χ1v) is 5.47. The van der Waals surface area contributed by atoms with Crippen LogP contribution in [0.4, 0.5) is 0 Å². The Balaban J connectivity index is 2.60. The molecule has 2 heteroatoms. The summed E-state index contributed by atoms with van der Waals surface area (Å²) in [6, 6.07) is 8.31. The standard InChI is InChI=1S/C12H18ClN/c1-9(2)8-14-10(3)11-6-4-5-7-12(11)13/h4-7,9-10,14H,8H2,1-3H3/t10-/m1/s1. The first-order valence-electron chi connectivity index (χ1n) is 5.09. The van der Waals surface area contributed by atoms with Crippen molar-refractivity contribution in [1.82, 2.24) is 5.32 Å². The quantitative estimate of drug-likeness (QED) is 0.802. The third-order valence-corrected chi connectivity index (χ3v) is 2.55. The highest BCUT2D eigenvalue weighted by atomic mass is 35.5. The minimum absolute atomic E-state index is 0.325. The summed E-state index contributed by atoms with van der Waals surface area (Å²) in [6.45, 7) is 7.56. The van der Waals surface area contributed by atoms with Crippen LogP contribution in [-0.4, -0.2) is 6.54 Å². The molecule has 0 aliphatic carbocycles. The van der Waals surface area contributed by atoms with Crippen LogP contribution >= 0.6 is 11.6 Å². The molecule has 0 radical (unpaired) electrons. The van der Waals surface area contributed by atoms with Crippen molar-refractivity contribution in [1.29, 1.82) is 0 Å². The maximum atomic E-state index is 6.09. The minimum Gasteiger partial charge on any atom is -0.310 e. The number of rotatable bonds is 4. The van der Waals surface area contributed by atoms with Gasteiger partial charge in [0.05, 0.1) is 0 Å². The molecule has 0 amide bonds. The second-order valence-corrected chi connectivity index (χ2v) is 4.45. The van der Waals surface area contributed by atoms with Crippen molar-refractivity contribution in [2.75, 3.05) is 6.54 Å². The molecule has 78 valence electrons. The van der Waals surface area contributed by atoms with Crippen LogP contribution in [0, 0.1) is 5.92 Å². The minimum atomic E-state index is 0.325. The van der Waals surface area contributed by atoms with Gasteiger partial charge >= 0.3 is 0 Å². The molecule has 0 aliphatic rings. The maximum absolute atomic E-state index is 6.09. The molecule has 14 heavy (non-hydrogen) atoms. The Labute approximate surface area is 91.5 Å². The molecule has 0 saturated heterocycles. The highest BCUT2D eigenvalue weighted by Crippen LogP contribution is 2.21. The molecule has 0 fully saturated rings. The SMILES string of the molecule is CC(C)CN[C@H](C)c1ccccc1Cl. The maximum Gasteiger partial charge on any atom is 0.0453 e. The highest BCUT2D eigenvalue weighted by molar-refractivity contribution is 6.31. The largest absolute Gasteiger partial charge is 0.310 e. The van der Waals surface area contributed by atoms with Crippen molar-refractivity contribution in [3.63, 3.8) is 0 Å². The van der Waals surface area contributed by atoms with Crippen molar-refractivity contribution in [3.05, 3.63) is 34.9 Å². The van der Waals surface area contributed by atoms with Crippen LogP contribution in [0.2, 0.25) is 5.02 Å². The van der Waals surface area contributed by atoms with E-state index >= 15 is 0 Å². The van der Waals surface area contributed by atoms with Gasteiger partial charge in [0.25, 0.3) is 0 Å². The topological polar surface area (TPSA) is 12.0 Å². The molecule has 1 nitrogen and oxygen atoms in total. The van der Waals surface area contributed by atoms with Gasteiger partial charge in [0.2, 0.25) is 0 Å². The lowest BCUT2D eigenvalue weighted by molar-refractivity contribution is 0.496. The Morgan fingerprint density at radius 2 is 1.86 bits per heavy atom. The summed E-state index contributed by atoms with van der Waals surface area (Å²) in [6.07, 6.45) is 0. The van der Waals surface area contributed by atoms with Crippen molar-refractivity contribution < 1.29 is 0 Å². The summed E-state index contributed by atoms with van der Waals surface area (Å²) in [4.78, 5) is 0. The van der Waals surface area contributed by atoms with E-state index in [9.17, 15) is 0 Å². The summed E-state index contributed by atoms with van der Waals surface area (Å²) in [5.41, 5.74) is 1.18. The van der Waals surface area contributed by atoms with Crippen molar-refractivity contribution in [2.24, 2.45) is 5.92 Å². The van der Waals surface area contributed by atoms with E-state index in [-0.39, 0.29) is 0 Å². The predicted octanol–water partition coefficient (Wildman–Crippen LogP) is 3.65. The van der Waals surface area contributed by atoms with Crippen LogP contribution in [0.5, 0.6) is 0 Å². The lowest BCUT2D eigenvalue weighted by Gasteiger charge is -2.16. The van der Waals surface area contributed by atoms with Crippen molar-refractivity contribution >= 4 is 11.6 Å². The molecular weight excluding hydrogens is 194 g/mol. The zero-order valence-electron chi connectivity index (χ0n) is 9.05. The van der Waals surface area contributed by atoms with Crippen molar-refractivity contribution in [3.8, 4) is 0 Å². The summed E-state index contributed by atoms with van der Waals surface area (Å²) in [5, 5.41) is 4.30. The van der Waals surface area contributed by atoms with E-state index in [1.54, 1.807) is 0 Å². The molecule has 1 rings (SSSR count). The van der Waals surface area contributed by atoms with E-state index in [4.69, 9.17) is 11.6 Å². The Bertz CT molecular complexity index is 283.